The maximum Gasteiger partial charge on any atom is 0.343 e. The molecule has 1 unspecified atom stereocenters. The molecule has 2 aromatic carbocycles. The second-order valence-corrected chi connectivity index (χ2v) is 6.89. The van der Waals surface area contributed by atoms with Crippen LogP contribution < -0.4 is 15.1 Å². The van der Waals surface area contributed by atoms with Gasteiger partial charge in [-0.25, -0.2) is 9.78 Å². The lowest BCUT2D eigenvalue weighted by atomic mass is 9.80. The smallest absolute Gasteiger partial charge is 0.343 e. The molecular weight excluding hydrogens is 382 g/mol. The predicted octanol–water partition coefficient (Wildman–Crippen LogP) is 4.25. The third kappa shape index (κ3) is 2.50. The van der Waals surface area contributed by atoms with Gasteiger partial charge >= 0.3 is 5.63 Å². The van der Waals surface area contributed by atoms with E-state index in [0.29, 0.717) is 27.8 Å². The number of nitriles is 2. The minimum Gasteiger partial charge on any atom is -0.497 e. The average Bonchev–Trinajstić information content (AvgIpc) is 2.77. The van der Waals surface area contributed by atoms with Crippen LogP contribution in [0.2, 0.25) is 0 Å². The molecule has 1 aliphatic rings. The molecule has 7 nitrogen and oxygen atoms in total. The van der Waals surface area contributed by atoms with E-state index < -0.39 is 17.5 Å². The Kier molecular flexibility index (Phi) is 3.90. The molecule has 2 aromatic heterocycles. The zero-order valence-corrected chi connectivity index (χ0v) is 15.7. The minimum atomic E-state index is -1.12. The first kappa shape index (κ1) is 17.7. The van der Waals surface area contributed by atoms with Crippen molar-refractivity contribution in [1.29, 1.82) is 10.5 Å². The van der Waals surface area contributed by atoms with Crippen LogP contribution in [0.15, 0.2) is 57.7 Å². The maximum atomic E-state index is 12.9. The Balaban J connectivity index is 1.86. The first-order valence-electron chi connectivity index (χ1n) is 9.16. The van der Waals surface area contributed by atoms with Crippen LogP contribution >= 0.6 is 0 Å². The van der Waals surface area contributed by atoms with Crippen molar-refractivity contribution in [1.82, 2.24) is 4.98 Å². The van der Waals surface area contributed by atoms with Crippen LogP contribution in [-0.4, -0.2) is 12.1 Å². The van der Waals surface area contributed by atoms with Gasteiger partial charge in [-0.2, -0.15) is 10.5 Å². The molecule has 7 heteroatoms. The number of para-hydroxylation sites is 1. The second kappa shape index (κ2) is 6.61. The van der Waals surface area contributed by atoms with Gasteiger partial charge in [0.25, 0.3) is 0 Å². The zero-order chi connectivity index (χ0) is 20.8. The molecule has 5 rings (SSSR count). The summed E-state index contributed by atoms with van der Waals surface area (Å²) in [4.78, 5) is 17.5. The molecule has 3 heterocycles. The highest BCUT2D eigenvalue weighted by molar-refractivity contribution is 5.87. The van der Waals surface area contributed by atoms with Gasteiger partial charge in [0, 0.05) is 10.9 Å². The number of rotatable bonds is 2. The first-order valence-corrected chi connectivity index (χ1v) is 9.16. The summed E-state index contributed by atoms with van der Waals surface area (Å²) in [5.41, 5.74) is 1.02. The number of nitrogens with zero attached hydrogens (tertiary/aromatic N) is 3. The number of benzene rings is 2. The molecule has 1 atom stereocenters. The van der Waals surface area contributed by atoms with Gasteiger partial charge in [-0.15, -0.1) is 0 Å². The van der Waals surface area contributed by atoms with Gasteiger partial charge in [-0.1, -0.05) is 12.1 Å². The SMILES string of the molecule is COc1ccc2nc3c(cc2c1)C(C(C#N)C#N)c1c(c2ccccc2oc1=O)O3. The van der Waals surface area contributed by atoms with Crippen molar-refractivity contribution >= 4 is 21.9 Å². The fraction of sp³-hybridized carbons (Fsp3) is 0.130. The largest absolute Gasteiger partial charge is 0.497 e. The predicted molar refractivity (Wildman–Crippen MR) is 107 cm³/mol. The fourth-order valence-electron chi connectivity index (χ4n) is 3.88. The molecule has 0 bridgehead atoms. The Morgan fingerprint density at radius 2 is 1.93 bits per heavy atom. The van der Waals surface area contributed by atoms with E-state index in [1.54, 1.807) is 55.6 Å². The van der Waals surface area contributed by atoms with Gasteiger partial charge in [0.1, 0.15) is 17.3 Å². The van der Waals surface area contributed by atoms with Gasteiger partial charge < -0.3 is 13.9 Å². The van der Waals surface area contributed by atoms with Crippen molar-refractivity contribution in [2.75, 3.05) is 7.11 Å². The van der Waals surface area contributed by atoms with Gasteiger partial charge in [0.2, 0.25) is 5.88 Å². The number of aromatic nitrogens is 1. The molecule has 4 aromatic rings. The van der Waals surface area contributed by atoms with E-state index in [-0.39, 0.29) is 17.2 Å². The lowest BCUT2D eigenvalue weighted by molar-refractivity contribution is 0.409. The molecule has 0 radical (unpaired) electrons. The number of fused-ring (bicyclic) bond motifs is 5. The normalized spacial score (nSPS) is 14.5. The third-order valence-corrected chi connectivity index (χ3v) is 5.27. The quantitative estimate of drug-likeness (QED) is 0.467. The second-order valence-electron chi connectivity index (χ2n) is 6.89. The van der Waals surface area contributed by atoms with E-state index in [2.05, 4.69) is 4.98 Å². The van der Waals surface area contributed by atoms with E-state index in [1.165, 1.54) is 0 Å². The van der Waals surface area contributed by atoms with Crippen molar-refractivity contribution < 1.29 is 13.9 Å². The monoisotopic (exact) mass is 395 g/mol. The molecule has 1 aliphatic heterocycles. The average molecular weight is 395 g/mol. The molecular formula is C23H13N3O4. The van der Waals surface area contributed by atoms with Crippen LogP contribution in [0.4, 0.5) is 0 Å². The highest BCUT2D eigenvalue weighted by Gasteiger charge is 2.39. The number of ether oxygens (including phenoxy) is 2. The molecule has 144 valence electrons. The lowest BCUT2D eigenvalue weighted by Crippen LogP contribution is -2.24. The van der Waals surface area contributed by atoms with Gasteiger partial charge in [-0.3, -0.25) is 0 Å². The Bertz CT molecular complexity index is 1460. The van der Waals surface area contributed by atoms with Crippen molar-refractivity contribution in [3.63, 3.8) is 0 Å². The number of methoxy groups -OCH3 is 1. The number of hydrogen-bond donors (Lipinski definition) is 0. The fourth-order valence-corrected chi connectivity index (χ4v) is 3.88. The summed E-state index contributed by atoms with van der Waals surface area (Å²) >= 11 is 0. The first-order chi connectivity index (χ1) is 14.6. The van der Waals surface area contributed by atoms with Crippen LogP contribution in [0.5, 0.6) is 17.4 Å². The summed E-state index contributed by atoms with van der Waals surface area (Å²) in [6.07, 6.45) is 0. The van der Waals surface area contributed by atoms with Gasteiger partial charge in [0.15, 0.2) is 5.75 Å². The van der Waals surface area contributed by atoms with Crippen LogP contribution in [0.25, 0.3) is 21.9 Å². The highest BCUT2D eigenvalue weighted by atomic mass is 16.5. The maximum absolute atomic E-state index is 12.9. The Morgan fingerprint density at radius 3 is 2.70 bits per heavy atom. The summed E-state index contributed by atoms with van der Waals surface area (Å²) in [5.74, 6) is -0.810. The number of hydrogen-bond acceptors (Lipinski definition) is 7. The van der Waals surface area contributed by atoms with Crippen LogP contribution in [0.3, 0.4) is 0 Å². The van der Waals surface area contributed by atoms with E-state index in [4.69, 9.17) is 13.9 Å². The molecule has 0 saturated carbocycles. The summed E-state index contributed by atoms with van der Waals surface area (Å²) in [6.45, 7) is 0. The van der Waals surface area contributed by atoms with Crippen molar-refractivity contribution in [3.05, 3.63) is 70.1 Å². The van der Waals surface area contributed by atoms with Crippen LogP contribution in [0.1, 0.15) is 17.0 Å². The van der Waals surface area contributed by atoms with Crippen LogP contribution in [-0.2, 0) is 0 Å². The van der Waals surface area contributed by atoms with E-state index >= 15 is 0 Å². The van der Waals surface area contributed by atoms with E-state index in [9.17, 15) is 15.3 Å². The summed E-state index contributed by atoms with van der Waals surface area (Å²) in [6, 6.07) is 18.1. The van der Waals surface area contributed by atoms with Crippen LogP contribution in [0, 0.1) is 28.6 Å². The Labute approximate surface area is 170 Å². The molecule has 30 heavy (non-hydrogen) atoms. The Hall–Kier alpha value is -4.36. The van der Waals surface area contributed by atoms with Crippen molar-refractivity contribution in [2.24, 2.45) is 5.92 Å². The zero-order valence-electron chi connectivity index (χ0n) is 15.7. The molecule has 0 amide bonds. The molecule has 0 N–H and O–H groups in total. The lowest BCUT2D eigenvalue weighted by Gasteiger charge is -2.27. The topological polar surface area (TPSA) is 109 Å². The van der Waals surface area contributed by atoms with Gasteiger partial charge in [-0.05, 0) is 36.4 Å². The summed E-state index contributed by atoms with van der Waals surface area (Å²) < 4.78 is 16.8. The number of pyridine rings is 1. The van der Waals surface area contributed by atoms with E-state index in [1.807, 2.05) is 12.1 Å². The third-order valence-electron chi connectivity index (χ3n) is 5.27. The minimum absolute atomic E-state index is 0.151. The molecule has 0 aliphatic carbocycles. The van der Waals surface area contributed by atoms with E-state index in [0.717, 1.165) is 5.39 Å². The Morgan fingerprint density at radius 1 is 1.13 bits per heavy atom. The highest BCUT2D eigenvalue weighted by Crippen LogP contribution is 2.48. The molecule has 0 fully saturated rings. The van der Waals surface area contributed by atoms with Crippen molar-refractivity contribution in [2.45, 2.75) is 5.92 Å². The molecule has 0 saturated heterocycles. The van der Waals surface area contributed by atoms with Gasteiger partial charge in [0.05, 0.1) is 41.6 Å². The molecule has 0 spiro atoms. The van der Waals surface area contributed by atoms with Crippen molar-refractivity contribution in [3.8, 4) is 29.5 Å². The summed E-state index contributed by atoms with van der Waals surface area (Å²) in [5, 5.41) is 20.6. The standard InChI is InChI=1S/C23H13N3O4/c1-28-14-6-7-17-12(8-14)9-16-19(13(10-24)11-25)20-21(30-22(16)26-17)15-4-2-3-5-18(15)29-23(20)27/h2-9,13,19H,1H3. The summed E-state index contributed by atoms with van der Waals surface area (Å²) in [7, 11) is 1.56.